The van der Waals surface area contributed by atoms with E-state index in [1.54, 1.807) is 0 Å². The molecule has 1 unspecified atom stereocenters. The van der Waals surface area contributed by atoms with Crippen molar-refractivity contribution in [3.63, 3.8) is 0 Å². The number of nitrogens with zero attached hydrogens (tertiary/aromatic N) is 1. The van der Waals surface area contributed by atoms with Gasteiger partial charge >= 0.3 is 0 Å². The van der Waals surface area contributed by atoms with E-state index in [-0.39, 0.29) is 0 Å². The van der Waals surface area contributed by atoms with Gasteiger partial charge in [-0.05, 0) is 19.3 Å². The molecule has 0 heterocycles. The lowest BCUT2D eigenvalue weighted by Crippen LogP contribution is -2.35. The number of hydrogen-bond donors (Lipinski definition) is 0. The van der Waals surface area contributed by atoms with Crippen LogP contribution < -0.4 is 0 Å². The van der Waals surface area contributed by atoms with Gasteiger partial charge < -0.3 is 0 Å². The highest BCUT2D eigenvalue weighted by Crippen LogP contribution is 2.12. The summed E-state index contributed by atoms with van der Waals surface area (Å²) in [7, 11) is 0. The SMILES string of the molecule is CCCCC(CC)N(CC)OCCC. The molecule has 0 N–H and O–H groups in total. The summed E-state index contributed by atoms with van der Waals surface area (Å²) in [6, 6.07) is 0.617. The maximum Gasteiger partial charge on any atom is 0.0682 e. The molecule has 14 heavy (non-hydrogen) atoms. The summed E-state index contributed by atoms with van der Waals surface area (Å²) in [4.78, 5) is 5.72. The number of hydrogen-bond acceptors (Lipinski definition) is 2. The number of rotatable bonds is 9. The van der Waals surface area contributed by atoms with Crippen molar-refractivity contribution < 1.29 is 4.84 Å². The Morgan fingerprint density at radius 1 is 1.07 bits per heavy atom. The zero-order valence-corrected chi connectivity index (χ0v) is 10.4. The predicted octanol–water partition coefficient (Wildman–Crippen LogP) is 3.62. The average Bonchev–Trinajstić information content (AvgIpc) is 2.23. The van der Waals surface area contributed by atoms with Gasteiger partial charge in [0.25, 0.3) is 0 Å². The molecule has 2 heteroatoms. The van der Waals surface area contributed by atoms with Crippen LogP contribution in [0.2, 0.25) is 0 Å². The van der Waals surface area contributed by atoms with Crippen LogP contribution in [-0.2, 0) is 4.84 Å². The van der Waals surface area contributed by atoms with Crippen LogP contribution in [-0.4, -0.2) is 24.3 Å². The molecule has 0 bridgehead atoms. The Labute approximate surface area is 89.6 Å². The molecular formula is C12H27NO. The minimum atomic E-state index is 0.617. The number of unbranched alkanes of at least 4 members (excludes halogenated alkanes) is 1. The van der Waals surface area contributed by atoms with Gasteiger partial charge in [0.15, 0.2) is 0 Å². The second kappa shape index (κ2) is 9.47. The van der Waals surface area contributed by atoms with E-state index < -0.39 is 0 Å². The molecule has 0 aliphatic carbocycles. The monoisotopic (exact) mass is 201 g/mol. The summed E-state index contributed by atoms with van der Waals surface area (Å²) in [5.41, 5.74) is 0. The average molecular weight is 201 g/mol. The molecule has 0 spiro atoms. The van der Waals surface area contributed by atoms with Crippen molar-refractivity contribution in [3.05, 3.63) is 0 Å². The van der Waals surface area contributed by atoms with E-state index in [1.165, 1.54) is 25.7 Å². The summed E-state index contributed by atoms with van der Waals surface area (Å²) in [5, 5.41) is 2.17. The van der Waals surface area contributed by atoms with E-state index in [4.69, 9.17) is 4.84 Å². The lowest BCUT2D eigenvalue weighted by Gasteiger charge is -2.28. The van der Waals surface area contributed by atoms with Crippen molar-refractivity contribution in [2.24, 2.45) is 0 Å². The van der Waals surface area contributed by atoms with Crippen molar-refractivity contribution in [3.8, 4) is 0 Å². The molecule has 0 aliphatic rings. The van der Waals surface area contributed by atoms with Gasteiger partial charge in [0.1, 0.15) is 0 Å². The molecule has 86 valence electrons. The molecule has 1 atom stereocenters. The van der Waals surface area contributed by atoms with Crippen LogP contribution in [0.3, 0.4) is 0 Å². The number of hydroxylamine groups is 2. The van der Waals surface area contributed by atoms with Gasteiger partial charge in [-0.25, -0.2) is 0 Å². The van der Waals surface area contributed by atoms with Gasteiger partial charge in [-0.2, -0.15) is 5.06 Å². The summed E-state index contributed by atoms with van der Waals surface area (Å²) in [6.07, 6.45) is 6.15. The standard InChI is InChI=1S/C12H27NO/c1-5-9-10-12(7-3)13(8-4)14-11-6-2/h12H,5-11H2,1-4H3. The van der Waals surface area contributed by atoms with Gasteiger partial charge in [0, 0.05) is 12.6 Å². The molecule has 2 nitrogen and oxygen atoms in total. The topological polar surface area (TPSA) is 12.5 Å². The first-order valence-corrected chi connectivity index (χ1v) is 6.19. The van der Waals surface area contributed by atoms with Gasteiger partial charge in [0.05, 0.1) is 6.61 Å². The fourth-order valence-electron chi connectivity index (χ4n) is 1.65. The Bertz CT molecular complexity index is 103. The third kappa shape index (κ3) is 5.61. The van der Waals surface area contributed by atoms with E-state index in [9.17, 15) is 0 Å². The van der Waals surface area contributed by atoms with Crippen LogP contribution in [0.4, 0.5) is 0 Å². The first-order valence-electron chi connectivity index (χ1n) is 6.19. The molecule has 0 radical (unpaired) electrons. The molecule has 0 amide bonds. The molecule has 0 saturated heterocycles. The van der Waals surface area contributed by atoms with Gasteiger partial charge in [-0.15, -0.1) is 0 Å². The van der Waals surface area contributed by atoms with Crippen LogP contribution in [0.25, 0.3) is 0 Å². The third-order valence-electron chi connectivity index (χ3n) is 2.54. The summed E-state index contributed by atoms with van der Waals surface area (Å²) >= 11 is 0. The Kier molecular flexibility index (Phi) is 9.42. The van der Waals surface area contributed by atoms with E-state index >= 15 is 0 Å². The van der Waals surface area contributed by atoms with Gasteiger partial charge in [-0.1, -0.05) is 40.5 Å². The van der Waals surface area contributed by atoms with Crippen LogP contribution >= 0.6 is 0 Å². The highest BCUT2D eigenvalue weighted by molar-refractivity contribution is 4.62. The van der Waals surface area contributed by atoms with Crippen LogP contribution in [0.5, 0.6) is 0 Å². The van der Waals surface area contributed by atoms with Gasteiger partial charge in [0.2, 0.25) is 0 Å². The summed E-state index contributed by atoms with van der Waals surface area (Å²) in [6.45, 7) is 10.7. The quantitative estimate of drug-likeness (QED) is 0.528. The second-order valence-corrected chi connectivity index (χ2v) is 3.77. The minimum absolute atomic E-state index is 0.617. The summed E-state index contributed by atoms with van der Waals surface area (Å²) in [5.74, 6) is 0. The van der Waals surface area contributed by atoms with E-state index in [2.05, 4.69) is 32.8 Å². The second-order valence-electron chi connectivity index (χ2n) is 3.77. The van der Waals surface area contributed by atoms with E-state index in [1.807, 2.05) is 0 Å². The lowest BCUT2D eigenvalue weighted by atomic mass is 10.1. The Morgan fingerprint density at radius 3 is 2.21 bits per heavy atom. The van der Waals surface area contributed by atoms with Crippen molar-refractivity contribution in [2.45, 2.75) is 65.8 Å². The van der Waals surface area contributed by atoms with Crippen LogP contribution in [0, 0.1) is 0 Å². The zero-order chi connectivity index (χ0) is 10.8. The lowest BCUT2D eigenvalue weighted by molar-refractivity contribution is -0.185. The van der Waals surface area contributed by atoms with E-state index in [0.29, 0.717) is 6.04 Å². The van der Waals surface area contributed by atoms with E-state index in [0.717, 1.165) is 19.6 Å². The molecule has 0 aromatic heterocycles. The maximum atomic E-state index is 5.72. The largest absolute Gasteiger partial charge is 0.299 e. The predicted molar refractivity (Wildman–Crippen MR) is 62.2 cm³/mol. The summed E-state index contributed by atoms with van der Waals surface area (Å²) < 4.78 is 0. The maximum absolute atomic E-state index is 5.72. The van der Waals surface area contributed by atoms with Crippen molar-refractivity contribution in [1.82, 2.24) is 5.06 Å². The smallest absolute Gasteiger partial charge is 0.0682 e. The molecule has 0 fully saturated rings. The highest BCUT2D eigenvalue weighted by Gasteiger charge is 2.14. The molecule has 0 rings (SSSR count). The van der Waals surface area contributed by atoms with Crippen molar-refractivity contribution in [2.75, 3.05) is 13.2 Å². The Morgan fingerprint density at radius 2 is 1.79 bits per heavy atom. The molecule has 0 aromatic carbocycles. The fraction of sp³-hybridized carbons (Fsp3) is 1.00. The highest BCUT2D eigenvalue weighted by atomic mass is 16.7. The Balaban J connectivity index is 3.87. The molecule has 0 aliphatic heterocycles. The van der Waals surface area contributed by atoms with Gasteiger partial charge in [-0.3, -0.25) is 4.84 Å². The van der Waals surface area contributed by atoms with Crippen molar-refractivity contribution >= 4 is 0 Å². The van der Waals surface area contributed by atoms with Crippen LogP contribution in [0.15, 0.2) is 0 Å². The van der Waals surface area contributed by atoms with Crippen LogP contribution in [0.1, 0.15) is 59.8 Å². The Hall–Kier alpha value is -0.0800. The zero-order valence-electron chi connectivity index (χ0n) is 10.4. The minimum Gasteiger partial charge on any atom is -0.299 e. The van der Waals surface area contributed by atoms with Crippen molar-refractivity contribution in [1.29, 1.82) is 0 Å². The fourth-order valence-corrected chi connectivity index (χ4v) is 1.65. The molecular weight excluding hydrogens is 174 g/mol. The first kappa shape index (κ1) is 13.9. The normalized spacial score (nSPS) is 13.5. The first-order chi connectivity index (χ1) is 6.79. The third-order valence-corrected chi connectivity index (χ3v) is 2.54. The molecule has 0 aromatic rings. The molecule has 0 saturated carbocycles.